The second-order valence-corrected chi connectivity index (χ2v) is 8.34. The fraction of sp³-hybridized carbons (Fsp3) is 0.133. The smallest absolute Gasteiger partial charge is 0.248 e. The molecule has 1 amide bonds. The van der Waals surface area contributed by atoms with Gasteiger partial charge >= 0.3 is 0 Å². The van der Waals surface area contributed by atoms with Gasteiger partial charge in [-0.1, -0.05) is 23.9 Å². The highest BCUT2D eigenvalue weighted by Crippen LogP contribution is 2.50. The van der Waals surface area contributed by atoms with Crippen LogP contribution in [0, 0.1) is 0 Å². The van der Waals surface area contributed by atoms with Gasteiger partial charge in [0.15, 0.2) is 9.84 Å². The Morgan fingerprint density at radius 2 is 1.87 bits per heavy atom. The second kappa shape index (κ2) is 5.55. The summed E-state index contributed by atoms with van der Waals surface area (Å²) in [6, 6.07) is 11.2. The Morgan fingerprint density at radius 1 is 1.22 bits per heavy atom. The number of nitrogens with two attached hydrogens (primary N) is 1. The zero-order chi connectivity index (χ0) is 16.8. The monoisotopic (exact) mass is 350 g/mol. The van der Waals surface area contributed by atoms with E-state index < -0.39 is 21.1 Å². The Kier molecular flexibility index (Phi) is 3.83. The van der Waals surface area contributed by atoms with Crippen LogP contribution in [0.25, 0.3) is 0 Å². The van der Waals surface area contributed by atoms with Crippen LogP contribution >= 0.6 is 11.8 Å². The molecule has 3 N–H and O–H groups in total. The van der Waals surface area contributed by atoms with Crippen LogP contribution < -0.4 is 10.8 Å². The molecule has 0 saturated carbocycles. The maximum Gasteiger partial charge on any atom is 0.248 e. The summed E-state index contributed by atoms with van der Waals surface area (Å²) in [6.07, 6.45) is 1.14. The second-order valence-electron chi connectivity index (χ2n) is 5.20. The van der Waals surface area contributed by atoms with E-state index in [4.69, 9.17) is 5.73 Å². The number of carbonyl (C=O) groups excluding carboxylic acids is 1. The van der Waals surface area contributed by atoms with Crippen LogP contribution in [0.5, 0.6) is 0 Å². The van der Waals surface area contributed by atoms with Gasteiger partial charge in [-0.25, -0.2) is 13.5 Å². The van der Waals surface area contributed by atoms with Gasteiger partial charge in [0.1, 0.15) is 5.37 Å². The summed E-state index contributed by atoms with van der Waals surface area (Å²) in [4.78, 5) is 12.2. The summed E-state index contributed by atoms with van der Waals surface area (Å²) < 4.78 is 23.0. The van der Waals surface area contributed by atoms with E-state index in [1.54, 1.807) is 30.3 Å². The number of nitrogens with zero attached hydrogens (tertiary/aromatic N) is 1. The molecule has 0 fully saturated rings. The fourth-order valence-corrected chi connectivity index (χ4v) is 4.19. The molecule has 1 heterocycles. The van der Waals surface area contributed by atoms with Gasteiger partial charge in [0, 0.05) is 16.7 Å². The van der Waals surface area contributed by atoms with Crippen molar-refractivity contribution in [2.24, 2.45) is 5.73 Å². The molecule has 8 heteroatoms. The molecule has 1 aliphatic heterocycles. The number of fused-ring (bicyclic) bond motifs is 1. The number of sulfone groups is 1. The lowest BCUT2D eigenvalue weighted by Gasteiger charge is -2.19. The molecular weight excluding hydrogens is 336 g/mol. The van der Waals surface area contributed by atoms with Gasteiger partial charge in [-0.2, -0.15) is 0 Å². The van der Waals surface area contributed by atoms with Crippen molar-refractivity contribution in [1.29, 1.82) is 0 Å². The summed E-state index contributed by atoms with van der Waals surface area (Å²) in [5.74, 6) is -0.529. The van der Waals surface area contributed by atoms with E-state index >= 15 is 0 Å². The summed E-state index contributed by atoms with van der Waals surface area (Å²) in [7, 11) is -3.26. The van der Waals surface area contributed by atoms with Gasteiger partial charge in [0.05, 0.1) is 10.6 Å². The van der Waals surface area contributed by atoms with Crippen molar-refractivity contribution >= 4 is 33.2 Å². The average Bonchev–Trinajstić information content (AvgIpc) is 2.83. The number of hydroxylamine groups is 1. The minimum Gasteiger partial charge on any atom is -0.366 e. The summed E-state index contributed by atoms with van der Waals surface area (Å²) in [5, 5.41) is 11.0. The Balaban J connectivity index is 1.92. The number of anilines is 1. The molecule has 2 aromatic carbocycles. The lowest BCUT2D eigenvalue weighted by Crippen LogP contribution is -2.18. The Labute approximate surface area is 137 Å². The molecule has 2 aromatic rings. The van der Waals surface area contributed by atoms with Crippen LogP contribution in [0.2, 0.25) is 0 Å². The Morgan fingerprint density at radius 3 is 2.43 bits per heavy atom. The first kappa shape index (κ1) is 15.9. The maximum atomic E-state index is 11.5. The van der Waals surface area contributed by atoms with E-state index in [-0.39, 0.29) is 4.90 Å². The number of benzene rings is 2. The molecule has 23 heavy (non-hydrogen) atoms. The van der Waals surface area contributed by atoms with Gasteiger partial charge in [0.25, 0.3) is 0 Å². The summed E-state index contributed by atoms with van der Waals surface area (Å²) in [5.41, 5.74) is 6.97. The Hall–Kier alpha value is -2.03. The molecular formula is C15H14N2O4S2. The van der Waals surface area contributed by atoms with E-state index in [2.05, 4.69) is 0 Å². The first-order valence-corrected chi connectivity index (χ1v) is 9.43. The SMILES string of the molecule is CS(=O)(=O)c1ccc(C2Sc3cc(C(N)=O)ccc3N2O)cc1. The normalized spacial score (nSPS) is 17.1. The Bertz CT molecular complexity index is 879. The predicted molar refractivity (Wildman–Crippen MR) is 87.4 cm³/mol. The fourth-order valence-electron chi connectivity index (χ4n) is 2.34. The van der Waals surface area contributed by atoms with E-state index in [1.165, 1.54) is 23.9 Å². The summed E-state index contributed by atoms with van der Waals surface area (Å²) >= 11 is 1.36. The van der Waals surface area contributed by atoms with Crippen LogP contribution in [0.3, 0.4) is 0 Å². The quantitative estimate of drug-likeness (QED) is 0.880. The highest BCUT2D eigenvalue weighted by Gasteiger charge is 2.31. The number of amides is 1. The zero-order valence-electron chi connectivity index (χ0n) is 12.1. The largest absolute Gasteiger partial charge is 0.366 e. The standard InChI is InChI=1S/C15H14N2O4S2/c1-23(20,21)11-5-2-9(3-6-11)15-17(19)12-7-4-10(14(16)18)8-13(12)22-15/h2-8,15,19H,1H3,(H2,16,18). The van der Waals surface area contributed by atoms with Crippen molar-refractivity contribution < 1.29 is 18.4 Å². The minimum absolute atomic E-state index is 0.224. The van der Waals surface area contributed by atoms with Crippen LogP contribution in [0.4, 0.5) is 5.69 Å². The molecule has 0 aromatic heterocycles. The molecule has 120 valence electrons. The van der Waals surface area contributed by atoms with Crippen LogP contribution in [-0.4, -0.2) is 25.8 Å². The zero-order valence-corrected chi connectivity index (χ0v) is 13.8. The third-order valence-electron chi connectivity index (χ3n) is 3.55. The topological polar surface area (TPSA) is 101 Å². The van der Waals surface area contributed by atoms with E-state index in [9.17, 15) is 18.4 Å². The van der Waals surface area contributed by atoms with Crippen LogP contribution in [0.15, 0.2) is 52.3 Å². The number of thioether (sulfide) groups is 1. The van der Waals surface area contributed by atoms with Crippen molar-refractivity contribution in [2.75, 3.05) is 11.3 Å². The van der Waals surface area contributed by atoms with Gasteiger partial charge in [0.2, 0.25) is 5.91 Å². The highest BCUT2D eigenvalue weighted by molar-refractivity contribution is 8.00. The van der Waals surface area contributed by atoms with Crippen molar-refractivity contribution in [3.8, 4) is 0 Å². The van der Waals surface area contributed by atoms with Gasteiger partial charge in [-0.05, 0) is 35.9 Å². The first-order chi connectivity index (χ1) is 10.8. The van der Waals surface area contributed by atoms with E-state index in [0.29, 0.717) is 11.3 Å². The molecule has 1 aliphatic rings. The summed E-state index contributed by atoms with van der Waals surface area (Å²) in [6.45, 7) is 0. The maximum absolute atomic E-state index is 11.5. The average molecular weight is 350 g/mol. The van der Waals surface area contributed by atoms with Gasteiger partial charge in [-0.3, -0.25) is 10.0 Å². The molecule has 0 radical (unpaired) electrons. The lowest BCUT2D eigenvalue weighted by molar-refractivity contribution is 0.1000. The number of hydrogen-bond donors (Lipinski definition) is 2. The molecule has 0 aliphatic carbocycles. The molecule has 1 unspecified atom stereocenters. The molecule has 0 spiro atoms. The number of primary amides is 1. The predicted octanol–water partition coefficient (Wildman–Crippen LogP) is 2.19. The molecule has 3 rings (SSSR count). The van der Waals surface area contributed by atoms with E-state index in [0.717, 1.165) is 21.8 Å². The molecule has 0 saturated heterocycles. The van der Waals surface area contributed by atoms with Gasteiger partial charge < -0.3 is 5.73 Å². The lowest BCUT2D eigenvalue weighted by atomic mass is 10.2. The van der Waals surface area contributed by atoms with E-state index in [1.807, 2.05) is 0 Å². The molecule has 1 atom stereocenters. The molecule has 0 bridgehead atoms. The van der Waals surface area contributed by atoms with Crippen LogP contribution in [0.1, 0.15) is 21.3 Å². The van der Waals surface area contributed by atoms with Crippen LogP contribution in [-0.2, 0) is 9.84 Å². The third kappa shape index (κ3) is 2.92. The minimum atomic E-state index is -3.26. The number of carbonyl (C=O) groups is 1. The van der Waals surface area contributed by atoms with Crippen molar-refractivity contribution in [3.63, 3.8) is 0 Å². The van der Waals surface area contributed by atoms with Crippen molar-refractivity contribution in [1.82, 2.24) is 0 Å². The number of rotatable bonds is 3. The third-order valence-corrected chi connectivity index (χ3v) is 5.95. The van der Waals surface area contributed by atoms with Gasteiger partial charge in [-0.15, -0.1) is 0 Å². The van der Waals surface area contributed by atoms with Crippen molar-refractivity contribution in [3.05, 3.63) is 53.6 Å². The number of hydrogen-bond acceptors (Lipinski definition) is 6. The molecule has 6 nitrogen and oxygen atoms in total. The first-order valence-electron chi connectivity index (χ1n) is 6.66. The van der Waals surface area contributed by atoms with Crippen molar-refractivity contribution in [2.45, 2.75) is 15.2 Å². The highest BCUT2D eigenvalue weighted by atomic mass is 32.2.